The van der Waals surface area contributed by atoms with Gasteiger partial charge in [0.25, 0.3) is 0 Å². The van der Waals surface area contributed by atoms with Crippen molar-refractivity contribution in [1.29, 1.82) is 0 Å². The smallest absolute Gasteiger partial charge is 0.123 e. The van der Waals surface area contributed by atoms with Gasteiger partial charge in [-0.25, -0.2) is 9.07 Å². The van der Waals surface area contributed by atoms with Gasteiger partial charge in [-0.15, -0.1) is 16.4 Å². The number of thiophene rings is 1. The van der Waals surface area contributed by atoms with Crippen molar-refractivity contribution in [3.05, 3.63) is 69.9 Å². The summed E-state index contributed by atoms with van der Waals surface area (Å²) in [5.41, 5.74) is 0.751. The molecule has 1 aromatic carbocycles. The van der Waals surface area contributed by atoms with Crippen LogP contribution < -0.4 is 0 Å². The molecule has 4 nitrogen and oxygen atoms in total. The molecule has 1 N–H and O–H groups in total. The van der Waals surface area contributed by atoms with Gasteiger partial charge >= 0.3 is 0 Å². The van der Waals surface area contributed by atoms with Crippen LogP contribution in [0.2, 0.25) is 0 Å². The minimum absolute atomic E-state index is 0.00135. The first-order chi connectivity index (χ1) is 11.5. The SMILES string of the molecule is CC[C@@H](c1ccc(F)cc1)n1cc(CC(C)(O)c2cccs2)nn1. The number of halogens is 1. The third-order valence-corrected chi connectivity index (χ3v) is 5.22. The van der Waals surface area contributed by atoms with Crippen LogP contribution in [0.4, 0.5) is 4.39 Å². The fourth-order valence-corrected chi connectivity index (χ4v) is 3.62. The molecule has 0 spiro atoms. The van der Waals surface area contributed by atoms with Crippen LogP contribution in [0.5, 0.6) is 0 Å². The molecule has 2 atom stereocenters. The van der Waals surface area contributed by atoms with Crippen molar-refractivity contribution in [2.24, 2.45) is 0 Å². The third kappa shape index (κ3) is 3.55. The van der Waals surface area contributed by atoms with Crippen LogP contribution in [0.25, 0.3) is 0 Å². The number of hydrogen-bond acceptors (Lipinski definition) is 4. The molecule has 6 heteroatoms. The monoisotopic (exact) mass is 345 g/mol. The minimum Gasteiger partial charge on any atom is -0.384 e. The Morgan fingerprint density at radius 3 is 2.67 bits per heavy atom. The first-order valence-electron chi connectivity index (χ1n) is 7.92. The van der Waals surface area contributed by atoms with Gasteiger partial charge in [-0.3, -0.25) is 0 Å². The predicted octanol–water partition coefficient (Wildman–Crippen LogP) is 3.93. The highest BCUT2D eigenvalue weighted by Gasteiger charge is 2.26. The molecule has 2 heterocycles. The zero-order chi connectivity index (χ0) is 17.2. The Balaban J connectivity index is 1.80. The molecule has 0 fully saturated rings. The van der Waals surface area contributed by atoms with Crippen molar-refractivity contribution in [2.75, 3.05) is 0 Å². The second kappa shape index (κ2) is 6.83. The summed E-state index contributed by atoms with van der Waals surface area (Å²) in [7, 11) is 0. The van der Waals surface area contributed by atoms with Crippen molar-refractivity contribution in [1.82, 2.24) is 15.0 Å². The lowest BCUT2D eigenvalue weighted by Gasteiger charge is -2.20. The molecule has 1 unspecified atom stereocenters. The Morgan fingerprint density at radius 2 is 2.04 bits per heavy atom. The zero-order valence-electron chi connectivity index (χ0n) is 13.7. The summed E-state index contributed by atoms with van der Waals surface area (Å²) in [6, 6.07) is 10.3. The van der Waals surface area contributed by atoms with Crippen LogP contribution in [0.3, 0.4) is 0 Å². The molecule has 0 radical (unpaired) electrons. The molecule has 0 bridgehead atoms. The van der Waals surface area contributed by atoms with E-state index in [0.29, 0.717) is 6.42 Å². The lowest BCUT2D eigenvalue weighted by Crippen LogP contribution is -2.23. The minimum atomic E-state index is -0.966. The number of aliphatic hydroxyl groups is 1. The van der Waals surface area contributed by atoms with Crippen LogP contribution in [0, 0.1) is 5.82 Å². The quantitative estimate of drug-likeness (QED) is 0.736. The Morgan fingerprint density at radius 1 is 1.29 bits per heavy atom. The summed E-state index contributed by atoms with van der Waals surface area (Å²) in [5.74, 6) is -0.250. The van der Waals surface area contributed by atoms with Gasteiger partial charge in [-0.05, 0) is 42.5 Å². The maximum atomic E-state index is 13.1. The average Bonchev–Trinajstić information content (AvgIpc) is 3.22. The second-order valence-corrected chi connectivity index (χ2v) is 7.04. The standard InChI is InChI=1S/C18H20FN3OS/c1-3-16(13-6-8-14(19)9-7-13)22-12-15(20-21-22)11-18(2,23)17-5-4-10-24-17/h4-10,12,16,23H,3,11H2,1-2H3/t16-,18?/m0/s1. The van der Waals surface area contributed by atoms with E-state index in [1.54, 1.807) is 23.7 Å². The molecule has 0 aliphatic heterocycles. The first-order valence-corrected chi connectivity index (χ1v) is 8.80. The molecule has 0 amide bonds. The maximum Gasteiger partial charge on any atom is 0.123 e. The van der Waals surface area contributed by atoms with E-state index < -0.39 is 5.60 Å². The van der Waals surface area contributed by atoms with Gasteiger partial charge in [-0.1, -0.05) is 30.3 Å². The van der Waals surface area contributed by atoms with Crippen LogP contribution >= 0.6 is 11.3 Å². The van der Waals surface area contributed by atoms with E-state index in [1.807, 2.05) is 23.7 Å². The highest BCUT2D eigenvalue weighted by Crippen LogP contribution is 2.29. The van der Waals surface area contributed by atoms with Crippen LogP contribution in [0.15, 0.2) is 48.0 Å². The Kier molecular flexibility index (Phi) is 4.78. The van der Waals surface area contributed by atoms with E-state index in [0.717, 1.165) is 22.6 Å². The highest BCUT2D eigenvalue weighted by molar-refractivity contribution is 7.10. The molecule has 126 valence electrons. The summed E-state index contributed by atoms with van der Waals surface area (Å²) in [5, 5.41) is 21.0. The number of aromatic nitrogens is 3. The number of nitrogens with zero attached hydrogens (tertiary/aromatic N) is 3. The van der Waals surface area contributed by atoms with E-state index in [1.165, 1.54) is 23.5 Å². The molecule has 0 aliphatic rings. The van der Waals surface area contributed by atoms with Gasteiger partial charge in [0.2, 0.25) is 0 Å². The summed E-state index contributed by atoms with van der Waals surface area (Å²) < 4.78 is 14.9. The average molecular weight is 345 g/mol. The molecule has 3 rings (SSSR count). The van der Waals surface area contributed by atoms with Gasteiger partial charge in [0.05, 0.1) is 11.7 Å². The van der Waals surface area contributed by atoms with Gasteiger partial charge in [0.15, 0.2) is 0 Å². The van der Waals surface area contributed by atoms with Gasteiger partial charge in [-0.2, -0.15) is 0 Å². The van der Waals surface area contributed by atoms with Gasteiger partial charge < -0.3 is 5.11 Å². The van der Waals surface area contributed by atoms with Crippen molar-refractivity contribution in [3.63, 3.8) is 0 Å². The molecule has 2 aromatic heterocycles. The fourth-order valence-electron chi connectivity index (χ4n) is 2.83. The summed E-state index contributed by atoms with van der Waals surface area (Å²) >= 11 is 1.52. The lowest BCUT2D eigenvalue weighted by atomic mass is 9.98. The lowest BCUT2D eigenvalue weighted by molar-refractivity contribution is 0.0604. The van der Waals surface area contributed by atoms with E-state index in [4.69, 9.17) is 0 Å². The van der Waals surface area contributed by atoms with Gasteiger partial charge in [0, 0.05) is 17.5 Å². The van der Waals surface area contributed by atoms with Crippen molar-refractivity contribution >= 4 is 11.3 Å². The van der Waals surface area contributed by atoms with Crippen molar-refractivity contribution < 1.29 is 9.50 Å². The molecule has 0 aliphatic carbocycles. The van der Waals surface area contributed by atoms with Crippen LogP contribution in [-0.2, 0) is 12.0 Å². The largest absolute Gasteiger partial charge is 0.384 e. The predicted molar refractivity (Wildman–Crippen MR) is 92.4 cm³/mol. The highest BCUT2D eigenvalue weighted by atomic mass is 32.1. The molecule has 0 saturated carbocycles. The number of benzene rings is 1. The van der Waals surface area contributed by atoms with Crippen molar-refractivity contribution in [3.8, 4) is 0 Å². The third-order valence-electron chi connectivity index (χ3n) is 4.10. The second-order valence-electron chi connectivity index (χ2n) is 6.09. The number of rotatable bonds is 6. The normalized spacial score (nSPS) is 15.2. The van der Waals surface area contributed by atoms with Crippen molar-refractivity contribution in [2.45, 2.75) is 38.3 Å². The summed E-state index contributed by atoms with van der Waals surface area (Å²) in [6.07, 6.45) is 3.07. The molecule has 3 aromatic rings. The van der Waals surface area contributed by atoms with Crippen LogP contribution in [0.1, 0.15) is 42.4 Å². The molecular formula is C18H20FN3OS. The van der Waals surface area contributed by atoms with E-state index >= 15 is 0 Å². The first kappa shape index (κ1) is 16.8. The molecular weight excluding hydrogens is 325 g/mol. The maximum absolute atomic E-state index is 13.1. The van der Waals surface area contributed by atoms with E-state index in [-0.39, 0.29) is 11.9 Å². The topological polar surface area (TPSA) is 50.9 Å². The zero-order valence-corrected chi connectivity index (χ0v) is 14.5. The Labute approximate surface area is 144 Å². The van der Waals surface area contributed by atoms with E-state index in [9.17, 15) is 9.50 Å². The van der Waals surface area contributed by atoms with Crippen LogP contribution in [-0.4, -0.2) is 20.1 Å². The Hall–Kier alpha value is -2.05. The fraction of sp³-hybridized carbons (Fsp3) is 0.333. The Bertz CT molecular complexity index is 781. The van der Waals surface area contributed by atoms with Gasteiger partial charge in [0.1, 0.15) is 11.4 Å². The summed E-state index contributed by atoms with van der Waals surface area (Å²) in [6.45, 7) is 3.84. The van der Waals surface area contributed by atoms with E-state index in [2.05, 4.69) is 17.2 Å². The molecule has 24 heavy (non-hydrogen) atoms. The molecule has 0 saturated heterocycles. The summed E-state index contributed by atoms with van der Waals surface area (Å²) in [4.78, 5) is 0.905. The number of hydrogen-bond donors (Lipinski definition) is 1.